The van der Waals surface area contributed by atoms with Crippen LogP contribution in [0.15, 0.2) is 48.7 Å². The number of aromatic nitrogens is 3. The molecule has 0 spiro atoms. The molecule has 3 aliphatic heterocycles. The van der Waals surface area contributed by atoms with Crippen molar-refractivity contribution in [2.24, 2.45) is 11.8 Å². The van der Waals surface area contributed by atoms with Crippen molar-refractivity contribution in [3.63, 3.8) is 0 Å². The number of nitrogens with one attached hydrogen (secondary N) is 1. The van der Waals surface area contributed by atoms with Crippen LogP contribution in [0, 0.1) is 35.9 Å². The summed E-state index contributed by atoms with van der Waals surface area (Å²) in [7, 11) is 0. The molecule has 10 rings (SSSR count). The molecule has 2 bridgehead atoms. The number of carbonyl (C=O) groups is 1. The van der Waals surface area contributed by atoms with Gasteiger partial charge < -0.3 is 19.5 Å². The van der Waals surface area contributed by atoms with Crippen molar-refractivity contribution in [2.75, 3.05) is 13.1 Å². The normalized spacial score (nSPS) is 23.6. The number of hydrogen-bond donors (Lipinski definition) is 1. The van der Waals surface area contributed by atoms with Gasteiger partial charge in [0.2, 0.25) is 5.91 Å². The Morgan fingerprint density at radius 1 is 1.13 bits per heavy atom. The largest absolute Gasteiger partial charge is 0.487 e. The summed E-state index contributed by atoms with van der Waals surface area (Å²) in [6.45, 7) is 2.94. The van der Waals surface area contributed by atoms with E-state index in [4.69, 9.17) is 32.9 Å². The Bertz CT molecular complexity index is 2380. The molecule has 5 aromatic rings. The maximum absolute atomic E-state index is 17.2. The SMILES string of the molecule is Cc1nc2c(F)c(-c3cccc(Cl)c3Cl)c(CCC#N)cc2c2c1cc([C@H]1C[C@H](Oc3ccc(C(F)(F)F)nc3)CN1C(=O)C1CC1)n2[C@H]1[C@H]2CN[C@@H]1C2. The average Bonchev–Trinajstić information content (AvgIpc) is 3.43. The summed E-state index contributed by atoms with van der Waals surface area (Å²) in [5, 5.41) is 15.1. The lowest BCUT2D eigenvalue weighted by Gasteiger charge is -2.39. The number of alkyl halides is 3. The van der Waals surface area contributed by atoms with Crippen LogP contribution in [0.5, 0.6) is 5.75 Å². The van der Waals surface area contributed by atoms with Crippen LogP contribution in [0.2, 0.25) is 10.0 Å². The summed E-state index contributed by atoms with van der Waals surface area (Å²) in [6.07, 6.45) is -0.600. The molecule has 0 radical (unpaired) electrons. The number of halogens is 6. The lowest BCUT2D eigenvalue weighted by atomic mass is 9.79. The summed E-state index contributed by atoms with van der Waals surface area (Å²) in [5.41, 5.74) is 2.76. The highest BCUT2D eigenvalue weighted by Gasteiger charge is 2.51. The first kappa shape index (κ1) is 35.3. The molecule has 278 valence electrons. The van der Waals surface area contributed by atoms with Gasteiger partial charge in [0.05, 0.1) is 46.5 Å². The molecule has 1 amide bonds. The third-order valence-electron chi connectivity index (χ3n) is 11.6. The molecule has 5 aliphatic rings. The molecule has 2 saturated carbocycles. The lowest BCUT2D eigenvalue weighted by molar-refractivity contribution is -0.141. The maximum Gasteiger partial charge on any atom is 0.433 e. The molecular formula is C40H34Cl2F4N6O2. The first-order valence-corrected chi connectivity index (χ1v) is 18.9. The molecule has 6 heterocycles. The number of likely N-dealkylation sites (tertiary alicyclic amines) is 1. The predicted octanol–water partition coefficient (Wildman–Crippen LogP) is 9.14. The van der Waals surface area contributed by atoms with E-state index >= 15 is 4.39 Å². The molecule has 8 nitrogen and oxygen atoms in total. The second-order valence-electron chi connectivity index (χ2n) is 14.9. The van der Waals surface area contributed by atoms with E-state index in [0.717, 1.165) is 54.7 Å². The second kappa shape index (κ2) is 13.1. The molecule has 5 atom stereocenters. The number of benzene rings is 2. The van der Waals surface area contributed by atoms with Crippen molar-refractivity contribution >= 4 is 50.9 Å². The standard InChI is InChI=1S/C40H34Cl2F4N6O2/c1-19-26-15-31(30-14-24(18-51(30)39(53)20-7-8-20)54-23-9-10-32(49-17-23)40(44,45)46)52(37-22-13-29(37)48-16-22)38(26)27-12-21(4-3-11-47)33(35(43)36(27)50-19)25-5-2-6-28(41)34(25)42/h2,5-6,9-10,12,15,17,20,22,24,29-30,37,48H,3-4,7-8,13-14,16,18H2,1H3/t22-,24+,29-,30-,37+/m1/s1. The van der Waals surface area contributed by atoms with Crippen molar-refractivity contribution in [1.29, 1.82) is 5.26 Å². The van der Waals surface area contributed by atoms with Crippen molar-refractivity contribution in [1.82, 2.24) is 24.8 Å². The molecule has 2 aliphatic carbocycles. The van der Waals surface area contributed by atoms with Gasteiger partial charge in [-0.25, -0.2) is 14.4 Å². The Hall–Kier alpha value is -4.44. The molecule has 0 unspecified atom stereocenters. The molecular weight excluding hydrogens is 743 g/mol. The van der Waals surface area contributed by atoms with Gasteiger partial charge in [-0.2, -0.15) is 18.4 Å². The number of fused-ring (bicyclic) bond motifs is 4. The number of nitriles is 1. The maximum atomic E-state index is 17.2. The average molecular weight is 778 g/mol. The molecule has 2 aromatic carbocycles. The summed E-state index contributed by atoms with van der Waals surface area (Å²) in [4.78, 5) is 24.2. The molecule has 54 heavy (non-hydrogen) atoms. The van der Waals surface area contributed by atoms with Crippen molar-refractivity contribution in [2.45, 2.75) is 75.9 Å². The molecule has 3 saturated heterocycles. The van der Waals surface area contributed by atoms with Crippen molar-refractivity contribution in [3.05, 3.63) is 87.2 Å². The number of amides is 1. The molecule has 1 N–H and O–H groups in total. The van der Waals surface area contributed by atoms with Gasteiger partial charge in [-0.05, 0) is 74.4 Å². The number of carbonyl (C=O) groups excluding carboxylic acids is 1. The van der Waals surface area contributed by atoms with Gasteiger partial charge in [0.1, 0.15) is 23.1 Å². The van der Waals surface area contributed by atoms with Crippen LogP contribution in [0.3, 0.4) is 0 Å². The fourth-order valence-electron chi connectivity index (χ4n) is 8.88. The first-order valence-electron chi connectivity index (χ1n) is 18.1. The van der Waals surface area contributed by atoms with Crippen LogP contribution in [-0.4, -0.2) is 50.6 Å². The van der Waals surface area contributed by atoms with Crippen LogP contribution in [-0.2, 0) is 17.4 Å². The van der Waals surface area contributed by atoms with Crippen molar-refractivity contribution in [3.8, 4) is 22.9 Å². The van der Waals surface area contributed by atoms with Crippen LogP contribution in [0.4, 0.5) is 17.6 Å². The summed E-state index contributed by atoms with van der Waals surface area (Å²) in [6, 6.07) is 13.2. The van der Waals surface area contributed by atoms with E-state index in [1.165, 1.54) is 6.07 Å². The fourth-order valence-corrected chi connectivity index (χ4v) is 9.28. The van der Waals surface area contributed by atoms with E-state index in [1.807, 2.05) is 17.9 Å². The fraction of sp³-hybridized carbons (Fsp3) is 0.400. The Kier molecular flexibility index (Phi) is 8.56. The van der Waals surface area contributed by atoms with Gasteiger partial charge in [0, 0.05) is 64.6 Å². The number of pyridine rings is 2. The molecule has 3 aromatic heterocycles. The number of hydrogen-bond acceptors (Lipinski definition) is 6. The minimum Gasteiger partial charge on any atom is -0.487 e. The minimum absolute atomic E-state index is 0.0238. The zero-order valence-corrected chi connectivity index (χ0v) is 30.6. The Labute approximate surface area is 318 Å². The summed E-state index contributed by atoms with van der Waals surface area (Å²) >= 11 is 13.1. The van der Waals surface area contributed by atoms with Crippen LogP contribution < -0.4 is 10.1 Å². The third-order valence-corrected chi connectivity index (χ3v) is 12.4. The van der Waals surface area contributed by atoms with E-state index in [-0.39, 0.29) is 70.2 Å². The Morgan fingerprint density at radius 2 is 1.94 bits per heavy atom. The first-order chi connectivity index (χ1) is 25.9. The van der Waals surface area contributed by atoms with E-state index < -0.39 is 29.8 Å². The monoisotopic (exact) mass is 776 g/mol. The zero-order valence-electron chi connectivity index (χ0n) is 29.1. The highest BCUT2D eigenvalue weighted by molar-refractivity contribution is 6.43. The van der Waals surface area contributed by atoms with Crippen LogP contribution in [0.25, 0.3) is 32.9 Å². The molecule has 5 fully saturated rings. The lowest BCUT2D eigenvalue weighted by Crippen LogP contribution is -2.41. The Morgan fingerprint density at radius 3 is 2.61 bits per heavy atom. The van der Waals surface area contributed by atoms with E-state index in [2.05, 4.69) is 27.0 Å². The smallest absolute Gasteiger partial charge is 0.433 e. The highest BCUT2D eigenvalue weighted by atomic mass is 35.5. The number of rotatable bonds is 8. The number of nitrogens with zero attached hydrogens (tertiary/aromatic N) is 5. The summed E-state index contributed by atoms with van der Waals surface area (Å²) in [5.74, 6) is -0.105. The minimum atomic E-state index is -4.58. The van der Waals surface area contributed by atoms with E-state index in [0.29, 0.717) is 34.5 Å². The Balaban J connectivity index is 1.22. The van der Waals surface area contributed by atoms with Gasteiger partial charge in [0.25, 0.3) is 0 Å². The van der Waals surface area contributed by atoms with Gasteiger partial charge >= 0.3 is 6.18 Å². The molecule has 14 heteroatoms. The van der Waals surface area contributed by atoms with Gasteiger partial charge in [0.15, 0.2) is 5.82 Å². The zero-order chi connectivity index (χ0) is 37.6. The van der Waals surface area contributed by atoms with Gasteiger partial charge in [-0.15, -0.1) is 0 Å². The summed E-state index contributed by atoms with van der Waals surface area (Å²) < 4.78 is 65.4. The van der Waals surface area contributed by atoms with Crippen LogP contribution in [0.1, 0.15) is 66.8 Å². The topological polar surface area (TPSA) is 96.1 Å². The van der Waals surface area contributed by atoms with Crippen molar-refractivity contribution < 1.29 is 27.1 Å². The van der Waals surface area contributed by atoms with Crippen LogP contribution >= 0.6 is 23.2 Å². The number of aryl methyl sites for hydroxylation is 2. The number of ether oxygens (including phenoxy) is 1. The van der Waals surface area contributed by atoms with Gasteiger partial charge in [-0.1, -0.05) is 35.3 Å². The second-order valence-corrected chi connectivity index (χ2v) is 15.7. The highest BCUT2D eigenvalue weighted by Crippen LogP contribution is 2.51. The third kappa shape index (κ3) is 5.78. The van der Waals surface area contributed by atoms with Gasteiger partial charge in [-0.3, -0.25) is 4.79 Å². The quantitative estimate of drug-likeness (QED) is 0.158. The van der Waals surface area contributed by atoms with E-state index in [9.17, 15) is 23.2 Å². The van der Waals surface area contributed by atoms with E-state index in [1.54, 1.807) is 18.2 Å². The predicted molar refractivity (Wildman–Crippen MR) is 196 cm³/mol.